The van der Waals surface area contributed by atoms with Crippen molar-refractivity contribution in [1.29, 1.82) is 0 Å². The third kappa shape index (κ3) is 5.47. The van der Waals surface area contributed by atoms with Crippen molar-refractivity contribution in [1.82, 2.24) is 30.2 Å². The van der Waals surface area contributed by atoms with Gasteiger partial charge < -0.3 is 20.3 Å². The Morgan fingerprint density at radius 2 is 2.03 bits per heavy atom. The van der Waals surface area contributed by atoms with Gasteiger partial charge in [-0.05, 0) is 56.5 Å². The molecule has 2 fully saturated rings. The highest BCUT2D eigenvalue weighted by molar-refractivity contribution is 5.95. The van der Waals surface area contributed by atoms with E-state index in [9.17, 15) is 13.6 Å². The number of benzene rings is 1. The van der Waals surface area contributed by atoms with E-state index < -0.39 is 17.7 Å². The number of carbonyl (C=O) groups is 1. The van der Waals surface area contributed by atoms with Crippen molar-refractivity contribution in [3.05, 3.63) is 53.5 Å². The summed E-state index contributed by atoms with van der Waals surface area (Å²) < 4.78 is 36.4. The molecular weight excluding hydrogens is 480 g/mol. The van der Waals surface area contributed by atoms with Crippen molar-refractivity contribution in [2.75, 3.05) is 32.1 Å². The average Bonchev–Trinajstić information content (AvgIpc) is 3.57. The highest BCUT2D eigenvalue weighted by Gasteiger charge is 2.29. The molecule has 2 N–H and O–H groups in total. The molecule has 1 saturated carbocycles. The number of aromatic nitrogens is 4. The summed E-state index contributed by atoms with van der Waals surface area (Å²) in [6.45, 7) is 6.57. The van der Waals surface area contributed by atoms with E-state index in [1.54, 1.807) is 26.3 Å². The first-order valence-corrected chi connectivity index (χ1v) is 12.6. The molecule has 1 aliphatic heterocycles. The van der Waals surface area contributed by atoms with Crippen LogP contribution >= 0.6 is 0 Å². The molecule has 37 heavy (non-hydrogen) atoms. The Hall–Kier alpha value is -3.44. The number of nitrogens with zero attached hydrogens (tertiary/aromatic N) is 5. The number of anilines is 1. The lowest BCUT2D eigenvalue weighted by Gasteiger charge is -2.38. The van der Waals surface area contributed by atoms with Gasteiger partial charge >= 0.3 is 0 Å². The van der Waals surface area contributed by atoms with Crippen molar-refractivity contribution in [3.63, 3.8) is 0 Å². The van der Waals surface area contributed by atoms with Crippen LogP contribution in [0.4, 0.5) is 14.5 Å². The minimum absolute atomic E-state index is 0.00385. The van der Waals surface area contributed by atoms with Gasteiger partial charge in [0.1, 0.15) is 11.5 Å². The largest absolute Gasteiger partial charge is 0.378 e. The van der Waals surface area contributed by atoms with Crippen LogP contribution in [0.2, 0.25) is 0 Å². The minimum Gasteiger partial charge on any atom is -0.378 e. The van der Waals surface area contributed by atoms with Crippen LogP contribution in [0.25, 0.3) is 16.9 Å². The number of methoxy groups -OCH3 is 1. The first-order chi connectivity index (χ1) is 17.9. The number of likely N-dealkylation sites (N-methyl/N-ethyl adjacent to an activating group) is 1. The molecule has 1 aliphatic carbocycles. The molecule has 1 aromatic carbocycles. The molecule has 0 bridgehead atoms. The van der Waals surface area contributed by atoms with Gasteiger partial charge in [-0.1, -0.05) is 12.1 Å². The minimum atomic E-state index is -0.679. The van der Waals surface area contributed by atoms with E-state index >= 15 is 0 Å². The van der Waals surface area contributed by atoms with E-state index in [2.05, 4.69) is 37.8 Å². The van der Waals surface area contributed by atoms with Gasteiger partial charge in [0.05, 0.1) is 47.0 Å². The number of aryl methyl sites for hydroxylation is 1. The summed E-state index contributed by atoms with van der Waals surface area (Å²) >= 11 is 0. The summed E-state index contributed by atoms with van der Waals surface area (Å²) in [6.07, 6.45) is 5.68. The SMILES string of the molecule is CCN1CC[C@H](Nc2cnc(F)c(-c3cn(-c4cc(C(=O)NC5CC5)c(F)cc4C)nn3)c2)[C@H](OC)C1. The number of ether oxygens (including phenoxy) is 1. The molecule has 1 amide bonds. The highest BCUT2D eigenvalue weighted by atomic mass is 19.1. The van der Waals surface area contributed by atoms with Gasteiger partial charge in [0.25, 0.3) is 5.91 Å². The van der Waals surface area contributed by atoms with E-state index in [0.29, 0.717) is 16.9 Å². The molecule has 2 atom stereocenters. The number of nitrogens with one attached hydrogen (secondary N) is 2. The van der Waals surface area contributed by atoms with Gasteiger partial charge in [-0.15, -0.1) is 5.10 Å². The summed E-state index contributed by atoms with van der Waals surface area (Å²) in [4.78, 5) is 18.7. The van der Waals surface area contributed by atoms with Gasteiger partial charge in [-0.3, -0.25) is 4.79 Å². The van der Waals surface area contributed by atoms with E-state index in [4.69, 9.17) is 4.74 Å². The molecular formula is C26H31F2N7O2. The number of hydrogen-bond donors (Lipinski definition) is 2. The monoisotopic (exact) mass is 511 g/mol. The predicted octanol–water partition coefficient (Wildman–Crippen LogP) is 3.33. The summed E-state index contributed by atoms with van der Waals surface area (Å²) in [5.41, 5.74) is 2.09. The number of halogens is 2. The fraction of sp³-hybridized carbons (Fsp3) is 0.462. The van der Waals surface area contributed by atoms with Gasteiger partial charge in [0.15, 0.2) is 0 Å². The van der Waals surface area contributed by atoms with Crippen LogP contribution in [0.15, 0.2) is 30.6 Å². The average molecular weight is 512 g/mol. The Labute approximate surface area is 214 Å². The third-order valence-electron chi connectivity index (χ3n) is 7.04. The van der Waals surface area contributed by atoms with Crippen molar-refractivity contribution in [2.45, 2.75) is 51.3 Å². The first-order valence-electron chi connectivity index (χ1n) is 12.6. The second kappa shape index (κ2) is 10.5. The number of pyridine rings is 1. The van der Waals surface area contributed by atoms with Crippen molar-refractivity contribution >= 4 is 11.6 Å². The zero-order chi connectivity index (χ0) is 26.1. The Morgan fingerprint density at radius 1 is 1.22 bits per heavy atom. The maximum absolute atomic E-state index is 14.8. The van der Waals surface area contributed by atoms with Gasteiger partial charge in [0.2, 0.25) is 5.95 Å². The lowest BCUT2D eigenvalue weighted by molar-refractivity contribution is 0.0241. The summed E-state index contributed by atoms with van der Waals surface area (Å²) in [5.74, 6) is -1.75. The van der Waals surface area contributed by atoms with Crippen LogP contribution in [0.3, 0.4) is 0 Å². The maximum atomic E-state index is 14.8. The van der Waals surface area contributed by atoms with Crippen LogP contribution in [0.5, 0.6) is 0 Å². The zero-order valence-electron chi connectivity index (χ0n) is 21.2. The van der Waals surface area contributed by atoms with Crippen LogP contribution in [-0.2, 0) is 4.74 Å². The standard InChI is InChI=1S/C26H31F2N7O2/c1-4-34-8-7-21(24(14-34)37-3)30-17-10-19(25(28)29-12-17)22-13-35(33-32-22)23-11-18(20(27)9-15(23)2)26(36)31-16-5-6-16/h9-13,16,21,24,30H,4-8,14H2,1-3H3,(H,31,36)/t21-,24+/m0/s1. The maximum Gasteiger partial charge on any atom is 0.254 e. The lowest BCUT2D eigenvalue weighted by atomic mass is 10.0. The topological polar surface area (TPSA) is 97.2 Å². The third-order valence-corrected chi connectivity index (χ3v) is 7.04. The molecule has 11 heteroatoms. The molecule has 0 radical (unpaired) electrons. The molecule has 0 spiro atoms. The van der Waals surface area contributed by atoms with E-state index in [-0.39, 0.29) is 35.0 Å². The van der Waals surface area contributed by atoms with Crippen molar-refractivity contribution < 1.29 is 18.3 Å². The fourth-order valence-electron chi connectivity index (χ4n) is 4.67. The van der Waals surface area contributed by atoms with Gasteiger partial charge in [-0.2, -0.15) is 4.39 Å². The van der Waals surface area contributed by atoms with E-state index in [0.717, 1.165) is 38.9 Å². The Bertz CT molecular complexity index is 1290. The van der Waals surface area contributed by atoms with E-state index in [1.165, 1.54) is 23.0 Å². The molecule has 9 nitrogen and oxygen atoms in total. The molecule has 3 heterocycles. The first kappa shape index (κ1) is 25.2. The normalized spacial score (nSPS) is 20.1. The van der Waals surface area contributed by atoms with Crippen LogP contribution in [0, 0.1) is 18.7 Å². The van der Waals surface area contributed by atoms with Gasteiger partial charge in [0, 0.05) is 26.2 Å². The molecule has 2 aliphatic rings. The van der Waals surface area contributed by atoms with Gasteiger partial charge in [-0.25, -0.2) is 14.1 Å². The molecule has 1 saturated heterocycles. The predicted molar refractivity (Wildman–Crippen MR) is 135 cm³/mol. The summed E-state index contributed by atoms with van der Waals surface area (Å²) in [6, 6.07) is 4.55. The molecule has 5 rings (SSSR count). The quantitative estimate of drug-likeness (QED) is 0.448. The van der Waals surface area contributed by atoms with Crippen molar-refractivity contribution in [2.24, 2.45) is 0 Å². The Balaban J connectivity index is 1.39. The number of hydrogen-bond acceptors (Lipinski definition) is 7. The second-order valence-corrected chi connectivity index (χ2v) is 9.68. The molecule has 0 unspecified atom stereocenters. The second-order valence-electron chi connectivity index (χ2n) is 9.68. The van der Waals surface area contributed by atoms with Crippen LogP contribution < -0.4 is 10.6 Å². The number of amides is 1. The highest BCUT2D eigenvalue weighted by Crippen LogP contribution is 2.27. The lowest BCUT2D eigenvalue weighted by Crippen LogP contribution is -2.50. The summed E-state index contributed by atoms with van der Waals surface area (Å²) in [5, 5.41) is 14.5. The van der Waals surface area contributed by atoms with E-state index in [1.807, 2.05) is 0 Å². The smallest absolute Gasteiger partial charge is 0.254 e. The van der Waals surface area contributed by atoms with Crippen molar-refractivity contribution in [3.8, 4) is 16.9 Å². The number of piperidine rings is 1. The number of likely N-dealkylation sites (tertiary alicyclic amines) is 1. The summed E-state index contributed by atoms with van der Waals surface area (Å²) in [7, 11) is 1.70. The molecule has 3 aromatic rings. The number of rotatable bonds is 8. The molecule has 196 valence electrons. The fourth-order valence-corrected chi connectivity index (χ4v) is 4.67. The zero-order valence-corrected chi connectivity index (χ0v) is 21.2. The molecule has 2 aromatic heterocycles. The Morgan fingerprint density at radius 3 is 2.76 bits per heavy atom. The number of carbonyl (C=O) groups excluding carboxylic acids is 1. The van der Waals surface area contributed by atoms with Crippen LogP contribution in [0.1, 0.15) is 42.1 Å². The Kier molecular flexibility index (Phi) is 7.16. The van der Waals surface area contributed by atoms with Crippen LogP contribution in [-0.4, -0.2) is 75.7 Å².